The van der Waals surface area contributed by atoms with Gasteiger partial charge in [-0.2, -0.15) is 0 Å². The summed E-state index contributed by atoms with van der Waals surface area (Å²) in [5.74, 6) is -0.992. The lowest BCUT2D eigenvalue weighted by atomic mass is 9.94. The molecule has 0 amide bonds. The highest BCUT2D eigenvalue weighted by molar-refractivity contribution is 5.73. The largest absolute Gasteiger partial charge is 0.492 e. The number of carbonyl (C=O) groups is 1. The van der Waals surface area contributed by atoms with Crippen molar-refractivity contribution < 1.29 is 58.1 Å². The van der Waals surface area contributed by atoms with Crippen LogP contribution < -0.4 is 10.1 Å². The molecular formula is C28H35F2NO10. The quantitative estimate of drug-likeness (QED) is 0.244. The second kappa shape index (κ2) is 12.7. The normalized spacial score (nSPS) is 33.0. The second-order valence-electron chi connectivity index (χ2n) is 10.8. The van der Waals surface area contributed by atoms with Gasteiger partial charge in [-0.3, -0.25) is 0 Å². The van der Waals surface area contributed by atoms with Crippen LogP contribution in [0.1, 0.15) is 37.7 Å². The molecule has 0 bridgehead atoms. The van der Waals surface area contributed by atoms with Gasteiger partial charge >= 0.3 is 5.97 Å². The lowest BCUT2D eigenvalue weighted by Crippen LogP contribution is -2.62. The summed E-state index contributed by atoms with van der Waals surface area (Å²) in [5, 5.41) is 54.1. The van der Waals surface area contributed by atoms with Crippen LogP contribution in [0.25, 0.3) is 0 Å². The molecule has 0 aromatic heterocycles. The van der Waals surface area contributed by atoms with Crippen LogP contribution in [-0.2, 0) is 25.4 Å². The molecule has 13 heteroatoms. The molecule has 1 aliphatic carbocycles. The standard InChI is InChI=1S/C28H35F2NO10/c29-15-3-7-18-13(9-15)1-5-20(38-18)17(32)11-31-12-22(21-6-2-14-10-16(30)4-8-19(14)39-21)40-28-25(35)23(33)24(34)26(41-28)27(36)37/h4,8-10,17,20-26,28,31-35H,1-3,5-7,11-12H2,(H,36,37). The number of aliphatic carboxylic acids is 1. The molecule has 9 atom stereocenters. The minimum atomic E-state index is -1.87. The first-order chi connectivity index (χ1) is 19.6. The molecule has 9 unspecified atom stereocenters. The Hall–Kier alpha value is -2.65. The third kappa shape index (κ3) is 6.72. The molecule has 1 saturated heterocycles. The number of ether oxygens (including phenoxy) is 4. The van der Waals surface area contributed by atoms with Crippen molar-refractivity contribution in [1.82, 2.24) is 5.32 Å². The zero-order valence-electron chi connectivity index (χ0n) is 22.2. The van der Waals surface area contributed by atoms with Crippen LogP contribution in [0.5, 0.6) is 5.75 Å². The molecule has 5 rings (SSSR count). The molecule has 0 spiro atoms. The van der Waals surface area contributed by atoms with E-state index >= 15 is 0 Å². The Morgan fingerprint density at radius 1 is 1.00 bits per heavy atom. The number of aliphatic hydroxyl groups excluding tert-OH is 4. The smallest absolute Gasteiger partial charge is 0.335 e. The van der Waals surface area contributed by atoms with Crippen LogP contribution in [0.15, 0.2) is 41.4 Å². The average molecular weight is 584 g/mol. The van der Waals surface area contributed by atoms with Crippen LogP contribution in [0, 0.1) is 5.82 Å². The molecular weight excluding hydrogens is 548 g/mol. The van der Waals surface area contributed by atoms with E-state index in [4.69, 9.17) is 18.9 Å². The number of aryl methyl sites for hydroxylation is 1. The summed E-state index contributed by atoms with van der Waals surface area (Å²) >= 11 is 0. The maximum atomic E-state index is 13.7. The molecule has 4 aliphatic rings. The number of allylic oxidation sites excluding steroid dienone is 4. The third-order valence-electron chi connectivity index (χ3n) is 7.94. The fraction of sp³-hybridized carbons (Fsp3) is 0.607. The molecule has 6 N–H and O–H groups in total. The maximum Gasteiger partial charge on any atom is 0.335 e. The number of rotatable bonds is 9. The SMILES string of the molecule is O=C(O)C1OC(OC(CNCC(O)C2CCC3=C(CCC(F)=C3)O2)C2CCc3cc(F)ccc3O2)C(O)C(O)C1O. The number of benzene rings is 1. The van der Waals surface area contributed by atoms with Gasteiger partial charge < -0.3 is 49.8 Å². The lowest BCUT2D eigenvalue weighted by molar-refractivity contribution is -0.309. The predicted molar refractivity (Wildman–Crippen MR) is 137 cm³/mol. The van der Waals surface area contributed by atoms with Gasteiger partial charge in [0.15, 0.2) is 12.4 Å². The van der Waals surface area contributed by atoms with Gasteiger partial charge in [-0.25, -0.2) is 13.6 Å². The minimum Gasteiger partial charge on any atom is -0.492 e. The Kier molecular flexibility index (Phi) is 9.24. The van der Waals surface area contributed by atoms with E-state index in [2.05, 4.69) is 5.32 Å². The van der Waals surface area contributed by atoms with Gasteiger partial charge in [0.2, 0.25) is 0 Å². The Balaban J connectivity index is 1.25. The molecule has 3 aliphatic heterocycles. The van der Waals surface area contributed by atoms with E-state index in [1.807, 2.05) is 0 Å². The van der Waals surface area contributed by atoms with E-state index < -0.39 is 66.9 Å². The Morgan fingerprint density at radius 2 is 1.78 bits per heavy atom. The van der Waals surface area contributed by atoms with Gasteiger partial charge in [-0.05, 0) is 61.1 Å². The highest BCUT2D eigenvalue weighted by Gasteiger charge is 2.49. The minimum absolute atomic E-state index is 0.0514. The molecule has 1 fully saturated rings. The maximum absolute atomic E-state index is 13.7. The van der Waals surface area contributed by atoms with Gasteiger partial charge in [0, 0.05) is 25.9 Å². The van der Waals surface area contributed by atoms with Crippen molar-refractivity contribution in [3.8, 4) is 5.75 Å². The summed E-state index contributed by atoms with van der Waals surface area (Å²) in [7, 11) is 0. The molecule has 41 heavy (non-hydrogen) atoms. The van der Waals surface area contributed by atoms with Gasteiger partial charge in [0.1, 0.15) is 65.9 Å². The van der Waals surface area contributed by atoms with Crippen LogP contribution in [0.4, 0.5) is 8.78 Å². The first kappa shape index (κ1) is 29.8. The van der Waals surface area contributed by atoms with E-state index in [9.17, 15) is 39.1 Å². The molecule has 11 nitrogen and oxygen atoms in total. The number of hydrogen-bond acceptors (Lipinski definition) is 10. The van der Waals surface area contributed by atoms with Gasteiger partial charge in [0.25, 0.3) is 0 Å². The van der Waals surface area contributed by atoms with Crippen LogP contribution in [0.2, 0.25) is 0 Å². The number of carboxylic acid groups (broad SMARTS) is 1. The fourth-order valence-corrected chi connectivity index (χ4v) is 5.64. The van der Waals surface area contributed by atoms with Crippen LogP contribution in [-0.4, -0.2) is 99.7 Å². The lowest BCUT2D eigenvalue weighted by Gasteiger charge is -2.41. The van der Waals surface area contributed by atoms with E-state index in [0.29, 0.717) is 49.2 Å². The number of fused-ring (bicyclic) bond motifs is 1. The highest BCUT2D eigenvalue weighted by Crippen LogP contribution is 2.35. The summed E-state index contributed by atoms with van der Waals surface area (Å²) < 4.78 is 50.6. The molecule has 226 valence electrons. The highest BCUT2D eigenvalue weighted by atomic mass is 19.1. The fourth-order valence-electron chi connectivity index (χ4n) is 5.64. The van der Waals surface area contributed by atoms with Crippen molar-refractivity contribution in [3.63, 3.8) is 0 Å². The Labute approximate surface area is 235 Å². The Morgan fingerprint density at radius 3 is 2.56 bits per heavy atom. The van der Waals surface area contributed by atoms with E-state index in [1.54, 1.807) is 0 Å². The van der Waals surface area contributed by atoms with Gasteiger partial charge in [-0.1, -0.05) is 0 Å². The number of halogens is 2. The third-order valence-corrected chi connectivity index (χ3v) is 7.94. The molecule has 1 aromatic carbocycles. The number of aliphatic hydroxyl groups is 4. The Bertz CT molecular complexity index is 1180. The first-order valence-corrected chi connectivity index (χ1v) is 13.8. The predicted octanol–water partition coefficient (Wildman–Crippen LogP) is 0.827. The van der Waals surface area contributed by atoms with Crippen molar-refractivity contribution in [2.45, 2.75) is 93.6 Å². The summed E-state index contributed by atoms with van der Waals surface area (Å²) in [6.45, 7) is 0.134. The number of carboxylic acids is 1. The second-order valence-corrected chi connectivity index (χ2v) is 10.8. The molecule has 0 saturated carbocycles. The molecule has 0 radical (unpaired) electrons. The summed E-state index contributed by atoms with van der Waals surface area (Å²) in [4.78, 5) is 11.6. The zero-order chi connectivity index (χ0) is 29.3. The average Bonchev–Trinajstić information content (AvgIpc) is 2.95. The summed E-state index contributed by atoms with van der Waals surface area (Å²) in [5.41, 5.74) is 1.48. The van der Waals surface area contributed by atoms with Crippen LogP contribution >= 0.6 is 0 Å². The molecule has 1 aromatic rings. The van der Waals surface area contributed by atoms with Crippen molar-refractivity contribution >= 4 is 5.97 Å². The van der Waals surface area contributed by atoms with Gasteiger partial charge in [-0.15, -0.1) is 0 Å². The topological polar surface area (TPSA) is 167 Å². The van der Waals surface area contributed by atoms with Crippen molar-refractivity contribution in [2.75, 3.05) is 13.1 Å². The summed E-state index contributed by atoms with van der Waals surface area (Å²) in [6.07, 6.45) is -7.75. The van der Waals surface area contributed by atoms with Crippen molar-refractivity contribution in [1.29, 1.82) is 0 Å². The summed E-state index contributed by atoms with van der Waals surface area (Å²) in [6, 6.07) is 4.13. The van der Waals surface area contributed by atoms with Crippen molar-refractivity contribution in [3.05, 3.63) is 52.8 Å². The van der Waals surface area contributed by atoms with Crippen LogP contribution in [0.3, 0.4) is 0 Å². The number of hydrogen-bond donors (Lipinski definition) is 6. The first-order valence-electron chi connectivity index (χ1n) is 13.8. The van der Waals surface area contributed by atoms with Gasteiger partial charge in [0.05, 0.1) is 0 Å². The van der Waals surface area contributed by atoms with E-state index in [-0.39, 0.29) is 25.3 Å². The van der Waals surface area contributed by atoms with Crippen molar-refractivity contribution in [2.24, 2.45) is 0 Å². The van der Waals surface area contributed by atoms with E-state index in [0.717, 1.165) is 5.57 Å². The zero-order valence-corrected chi connectivity index (χ0v) is 22.2. The number of nitrogens with one attached hydrogen (secondary N) is 1. The van der Waals surface area contributed by atoms with E-state index in [1.165, 1.54) is 24.3 Å². The molecule has 3 heterocycles. The monoisotopic (exact) mass is 583 g/mol.